The summed E-state index contributed by atoms with van der Waals surface area (Å²) in [4.78, 5) is 7.01. The number of ether oxygens (including phenoxy) is 2. The van der Waals surface area contributed by atoms with Crippen molar-refractivity contribution < 1.29 is 9.47 Å². The first-order chi connectivity index (χ1) is 14.2. The molecular formula is C23H28N4O2. The van der Waals surface area contributed by atoms with Crippen molar-refractivity contribution in [2.75, 3.05) is 32.1 Å². The Bertz CT molecular complexity index is 887. The second-order valence-electron chi connectivity index (χ2n) is 7.91. The minimum Gasteiger partial charge on any atom is -0.376 e. The van der Waals surface area contributed by atoms with Crippen molar-refractivity contribution in [3.63, 3.8) is 0 Å². The van der Waals surface area contributed by atoms with Gasteiger partial charge in [-0.05, 0) is 42.6 Å². The third-order valence-electron chi connectivity index (χ3n) is 5.53. The van der Waals surface area contributed by atoms with Gasteiger partial charge in [-0.25, -0.2) is 4.98 Å². The van der Waals surface area contributed by atoms with Gasteiger partial charge in [0.15, 0.2) is 0 Å². The maximum Gasteiger partial charge on any atom is 0.144 e. The summed E-state index contributed by atoms with van der Waals surface area (Å²) in [7, 11) is 2.10. The Morgan fingerprint density at radius 2 is 2.24 bits per heavy atom. The number of hydrogen-bond acceptors (Lipinski definition) is 6. The quantitative estimate of drug-likeness (QED) is 0.780. The zero-order valence-electron chi connectivity index (χ0n) is 17.0. The fourth-order valence-electron chi connectivity index (χ4n) is 3.93. The lowest BCUT2D eigenvalue weighted by molar-refractivity contribution is 0.0106. The molecule has 4 rings (SSSR count). The van der Waals surface area contributed by atoms with Crippen LogP contribution < -0.4 is 5.32 Å². The number of hydrogen-bond donors (Lipinski definition) is 1. The third kappa shape index (κ3) is 5.13. The van der Waals surface area contributed by atoms with Crippen molar-refractivity contribution in [2.24, 2.45) is 0 Å². The highest BCUT2D eigenvalue weighted by Crippen LogP contribution is 2.23. The highest BCUT2D eigenvalue weighted by atomic mass is 16.5. The van der Waals surface area contributed by atoms with Crippen LogP contribution in [0.5, 0.6) is 0 Å². The molecule has 0 amide bonds. The fraction of sp³-hybridized carbons (Fsp3) is 0.478. The van der Waals surface area contributed by atoms with Crippen LogP contribution in [0, 0.1) is 11.3 Å². The SMILES string of the molecule is CN1CCc2nc(NCc3cccc(COCC4CCCO4)c3)c(C#N)cc2C1. The minimum absolute atomic E-state index is 0.249. The second-order valence-corrected chi connectivity index (χ2v) is 7.91. The summed E-state index contributed by atoms with van der Waals surface area (Å²) in [5.41, 5.74) is 5.15. The van der Waals surface area contributed by atoms with E-state index >= 15 is 0 Å². The topological polar surface area (TPSA) is 70.4 Å². The van der Waals surface area contributed by atoms with E-state index in [0.717, 1.165) is 61.3 Å². The zero-order chi connectivity index (χ0) is 20.1. The Morgan fingerprint density at radius 1 is 1.34 bits per heavy atom. The largest absolute Gasteiger partial charge is 0.376 e. The molecule has 1 fully saturated rings. The summed E-state index contributed by atoms with van der Waals surface area (Å²) in [6.07, 6.45) is 3.39. The van der Waals surface area contributed by atoms with E-state index < -0.39 is 0 Å². The smallest absolute Gasteiger partial charge is 0.144 e. The Labute approximate surface area is 172 Å². The maximum atomic E-state index is 9.54. The molecule has 1 aromatic carbocycles. The molecular weight excluding hydrogens is 364 g/mol. The number of nitriles is 1. The van der Waals surface area contributed by atoms with E-state index in [0.29, 0.717) is 31.1 Å². The van der Waals surface area contributed by atoms with Gasteiger partial charge >= 0.3 is 0 Å². The number of aromatic nitrogens is 1. The molecule has 2 aromatic rings. The summed E-state index contributed by atoms with van der Waals surface area (Å²) < 4.78 is 11.4. The van der Waals surface area contributed by atoms with Gasteiger partial charge in [-0.1, -0.05) is 24.3 Å². The Hall–Kier alpha value is -2.46. The van der Waals surface area contributed by atoms with Gasteiger partial charge in [0.25, 0.3) is 0 Å². The number of benzene rings is 1. The van der Waals surface area contributed by atoms with Crippen LogP contribution in [0.25, 0.3) is 0 Å². The molecule has 0 radical (unpaired) electrons. The van der Waals surface area contributed by atoms with Crippen LogP contribution in [0.1, 0.15) is 40.8 Å². The normalized spacial score (nSPS) is 19.0. The summed E-state index contributed by atoms with van der Waals surface area (Å²) >= 11 is 0. The molecule has 0 bridgehead atoms. The molecule has 152 valence electrons. The van der Waals surface area contributed by atoms with Gasteiger partial charge in [-0.15, -0.1) is 0 Å². The van der Waals surface area contributed by atoms with Gasteiger partial charge in [0.05, 0.1) is 24.9 Å². The van der Waals surface area contributed by atoms with Crippen LogP contribution in [-0.2, 0) is 35.6 Å². The zero-order valence-corrected chi connectivity index (χ0v) is 17.0. The van der Waals surface area contributed by atoms with E-state index in [1.54, 1.807) is 0 Å². The molecule has 0 saturated carbocycles. The highest BCUT2D eigenvalue weighted by Gasteiger charge is 2.18. The van der Waals surface area contributed by atoms with E-state index in [1.165, 1.54) is 0 Å². The van der Waals surface area contributed by atoms with Crippen LogP contribution in [-0.4, -0.2) is 42.8 Å². The number of nitrogens with zero attached hydrogens (tertiary/aromatic N) is 3. The van der Waals surface area contributed by atoms with Crippen molar-refractivity contribution >= 4 is 5.82 Å². The average Bonchev–Trinajstić information content (AvgIpc) is 3.25. The monoisotopic (exact) mass is 392 g/mol. The molecule has 1 aromatic heterocycles. The van der Waals surface area contributed by atoms with Crippen LogP contribution in [0.3, 0.4) is 0 Å². The number of nitrogens with one attached hydrogen (secondary N) is 1. The first-order valence-corrected chi connectivity index (χ1v) is 10.3. The highest BCUT2D eigenvalue weighted by molar-refractivity contribution is 5.55. The van der Waals surface area contributed by atoms with Gasteiger partial charge in [-0.2, -0.15) is 5.26 Å². The van der Waals surface area contributed by atoms with Crippen molar-refractivity contribution in [2.45, 2.75) is 45.1 Å². The second kappa shape index (κ2) is 9.36. The van der Waals surface area contributed by atoms with Gasteiger partial charge in [0, 0.05) is 38.4 Å². The summed E-state index contributed by atoms with van der Waals surface area (Å²) in [6, 6.07) is 12.6. The number of rotatable bonds is 7. The molecule has 3 heterocycles. The first kappa shape index (κ1) is 19.8. The van der Waals surface area contributed by atoms with Crippen molar-refractivity contribution in [1.29, 1.82) is 5.26 Å². The molecule has 1 N–H and O–H groups in total. The van der Waals surface area contributed by atoms with Gasteiger partial charge in [0.1, 0.15) is 11.9 Å². The standard InChI is InChI=1S/C23H28N4O2/c1-27-8-7-22-20(14-27)11-19(12-24)23(26-22)25-13-17-4-2-5-18(10-17)15-28-16-21-6-3-9-29-21/h2,4-5,10-11,21H,3,6-9,13-16H2,1H3,(H,25,26). The third-order valence-corrected chi connectivity index (χ3v) is 5.53. The summed E-state index contributed by atoms with van der Waals surface area (Å²) in [5, 5.41) is 12.9. The fourth-order valence-corrected chi connectivity index (χ4v) is 3.93. The van der Waals surface area contributed by atoms with Gasteiger partial charge in [0.2, 0.25) is 0 Å². The van der Waals surface area contributed by atoms with E-state index in [1.807, 2.05) is 12.1 Å². The summed E-state index contributed by atoms with van der Waals surface area (Å²) in [6.45, 7) is 4.57. The van der Waals surface area contributed by atoms with E-state index in [4.69, 9.17) is 14.5 Å². The lowest BCUT2D eigenvalue weighted by atomic mass is 10.0. The van der Waals surface area contributed by atoms with Gasteiger partial charge < -0.3 is 19.7 Å². The number of anilines is 1. The van der Waals surface area contributed by atoms with Crippen LogP contribution in [0.2, 0.25) is 0 Å². The summed E-state index contributed by atoms with van der Waals surface area (Å²) in [5.74, 6) is 0.677. The Kier molecular flexibility index (Phi) is 6.40. The number of likely N-dealkylation sites (N-methyl/N-ethyl adjacent to an activating group) is 1. The minimum atomic E-state index is 0.249. The Morgan fingerprint density at radius 3 is 3.07 bits per heavy atom. The van der Waals surface area contributed by atoms with Crippen molar-refractivity contribution in [3.05, 3.63) is 58.3 Å². The molecule has 0 aliphatic carbocycles. The molecule has 29 heavy (non-hydrogen) atoms. The molecule has 2 aliphatic heterocycles. The maximum absolute atomic E-state index is 9.54. The predicted octanol–water partition coefficient (Wildman–Crippen LogP) is 3.25. The number of pyridine rings is 1. The van der Waals surface area contributed by atoms with E-state index in [2.05, 4.69) is 41.5 Å². The number of fused-ring (bicyclic) bond motifs is 1. The molecule has 1 unspecified atom stereocenters. The Balaban J connectivity index is 1.37. The van der Waals surface area contributed by atoms with Gasteiger partial charge in [-0.3, -0.25) is 0 Å². The molecule has 1 saturated heterocycles. The molecule has 6 heteroatoms. The molecule has 6 nitrogen and oxygen atoms in total. The first-order valence-electron chi connectivity index (χ1n) is 10.3. The van der Waals surface area contributed by atoms with Crippen LogP contribution in [0.4, 0.5) is 5.82 Å². The lowest BCUT2D eigenvalue weighted by Gasteiger charge is -2.25. The predicted molar refractivity (Wildman–Crippen MR) is 111 cm³/mol. The van der Waals surface area contributed by atoms with E-state index in [9.17, 15) is 5.26 Å². The van der Waals surface area contributed by atoms with Crippen molar-refractivity contribution in [1.82, 2.24) is 9.88 Å². The van der Waals surface area contributed by atoms with Crippen LogP contribution >= 0.6 is 0 Å². The average molecular weight is 393 g/mol. The molecule has 0 spiro atoms. The van der Waals surface area contributed by atoms with E-state index in [-0.39, 0.29) is 6.10 Å². The lowest BCUT2D eigenvalue weighted by Crippen LogP contribution is -2.27. The van der Waals surface area contributed by atoms with Crippen LogP contribution in [0.15, 0.2) is 30.3 Å². The molecule has 2 aliphatic rings. The van der Waals surface area contributed by atoms with Crippen molar-refractivity contribution in [3.8, 4) is 6.07 Å². The molecule has 1 atom stereocenters.